The fourth-order valence-electron chi connectivity index (χ4n) is 2.60. The Morgan fingerprint density at radius 1 is 1.25 bits per heavy atom. The zero-order chi connectivity index (χ0) is 12.8. The Morgan fingerprint density at radius 3 is 2.06 bits per heavy atom. The molecule has 0 radical (unpaired) electrons. The maximum Gasteiger partial charge on any atom is 0.309 e. The van der Waals surface area contributed by atoms with Crippen molar-refractivity contribution in [1.82, 2.24) is 0 Å². The first kappa shape index (κ1) is 15.5. The molecule has 0 spiro atoms. The second kappa shape index (κ2) is 6.93. The molecular weight excluding hydrogens is 200 g/mol. The molecule has 0 aliphatic rings. The number of hydrogen-bond donors (Lipinski definition) is 1. The van der Waals surface area contributed by atoms with E-state index in [9.17, 15) is 9.90 Å². The largest absolute Gasteiger partial charge is 0.481 e. The zero-order valence-electron chi connectivity index (χ0n) is 11.5. The molecule has 0 aliphatic heterocycles. The van der Waals surface area contributed by atoms with E-state index >= 15 is 0 Å². The molecule has 0 rings (SSSR count). The van der Waals surface area contributed by atoms with E-state index in [-0.39, 0.29) is 0 Å². The topological polar surface area (TPSA) is 37.3 Å². The van der Waals surface area contributed by atoms with Crippen molar-refractivity contribution in [1.29, 1.82) is 0 Å². The molecule has 0 bridgehead atoms. The van der Waals surface area contributed by atoms with E-state index in [4.69, 9.17) is 0 Å². The summed E-state index contributed by atoms with van der Waals surface area (Å²) in [5.74, 6) is 0.505. The molecule has 0 aromatic carbocycles. The number of hydrogen-bond acceptors (Lipinski definition) is 1. The third kappa shape index (κ3) is 3.80. The van der Waals surface area contributed by atoms with Crippen LogP contribution in [0.15, 0.2) is 0 Å². The fourth-order valence-corrected chi connectivity index (χ4v) is 2.60. The van der Waals surface area contributed by atoms with Crippen molar-refractivity contribution in [3.63, 3.8) is 0 Å². The molecule has 2 heteroatoms. The van der Waals surface area contributed by atoms with Crippen LogP contribution in [-0.4, -0.2) is 11.1 Å². The minimum absolute atomic E-state index is 0.486. The van der Waals surface area contributed by atoms with Crippen LogP contribution in [0.2, 0.25) is 0 Å². The minimum atomic E-state index is -0.601. The lowest BCUT2D eigenvalue weighted by atomic mass is 9.71. The fraction of sp³-hybridized carbons (Fsp3) is 0.929. The Morgan fingerprint density at radius 2 is 1.81 bits per heavy atom. The summed E-state index contributed by atoms with van der Waals surface area (Å²) in [5, 5.41) is 9.48. The van der Waals surface area contributed by atoms with Crippen LogP contribution in [-0.2, 0) is 4.79 Å². The van der Waals surface area contributed by atoms with Gasteiger partial charge in [0.2, 0.25) is 0 Å². The van der Waals surface area contributed by atoms with Gasteiger partial charge in [0.1, 0.15) is 0 Å². The van der Waals surface area contributed by atoms with Gasteiger partial charge in [-0.3, -0.25) is 4.79 Å². The maximum atomic E-state index is 11.5. The van der Waals surface area contributed by atoms with Crippen LogP contribution in [0.3, 0.4) is 0 Å². The van der Waals surface area contributed by atoms with Gasteiger partial charge in [0.25, 0.3) is 0 Å². The Kier molecular flexibility index (Phi) is 6.70. The molecule has 16 heavy (non-hydrogen) atoms. The Bertz CT molecular complexity index is 211. The summed E-state index contributed by atoms with van der Waals surface area (Å²) >= 11 is 0. The summed E-state index contributed by atoms with van der Waals surface area (Å²) in [7, 11) is 0. The third-order valence-corrected chi connectivity index (χ3v) is 3.98. The van der Waals surface area contributed by atoms with Gasteiger partial charge in [0.05, 0.1) is 5.41 Å². The second-order valence-corrected chi connectivity index (χ2v) is 5.31. The first-order chi connectivity index (χ1) is 7.43. The van der Waals surface area contributed by atoms with Gasteiger partial charge in [0.15, 0.2) is 0 Å². The van der Waals surface area contributed by atoms with Crippen LogP contribution in [0, 0.1) is 17.3 Å². The van der Waals surface area contributed by atoms with Gasteiger partial charge in [-0.25, -0.2) is 0 Å². The second-order valence-electron chi connectivity index (χ2n) is 5.31. The summed E-state index contributed by atoms with van der Waals surface area (Å²) in [6.07, 6.45) is 4.42. The third-order valence-electron chi connectivity index (χ3n) is 3.98. The van der Waals surface area contributed by atoms with Crippen molar-refractivity contribution in [2.45, 2.75) is 66.7 Å². The lowest BCUT2D eigenvalue weighted by molar-refractivity contribution is -0.151. The SMILES string of the molecule is CCCC(CC)(CC(CC)C(C)C)C(=O)O. The molecule has 0 aliphatic carbocycles. The highest BCUT2D eigenvalue weighted by atomic mass is 16.4. The molecule has 2 unspecified atom stereocenters. The molecule has 0 aromatic heterocycles. The van der Waals surface area contributed by atoms with Crippen LogP contribution < -0.4 is 0 Å². The van der Waals surface area contributed by atoms with Crippen molar-refractivity contribution in [3.8, 4) is 0 Å². The van der Waals surface area contributed by atoms with Crippen LogP contribution in [0.25, 0.3) is 0 Å². The monoisotopic (exact) mass is 228 g/mol. The molecule has 0 saturated heterocycles. The normalized spacial score (nSPS) is 17.1. The Hall–Kier alpha value is -0.530. The number of carbonyl (C=O) groups is 1. The van der Waals surface area contributed by atoms with Gasteiger partial charge in [-0.1, -0.05) is 47.5 Å². The van der Waals surface area contributed by atoms with Crippen molar-refractivity contribution >= 4 is 5.97 Å². The molecule has 96 valence electrons. The smallest absolute Gasteiger partial charge is 0.309 e. The van der Waals surface area contributed by atoms with E-state index in [2.05, 4.69) is 27.7 Å². The minimum Gasteiger partial charge on any atom is -0.481 e. The Balaban J connectivity index is 4.82. The van der Waals surface area contributed by atoms with Crippen LogP contribution >= 0.6 is 0 Å². The van der Waals surface area contributed by atoms with Crippen LogP contribution in [0.1, 0.15) is 66.7 Å². The molecule has 0 fully saturated rings. The van der Waals surface area contributed by atoms with Crippen molar-refractivity contribution < 1.29 is 9.90 Å². The predicted molar refractivity (Wildman–Crippen MR) is 68.5 cm³/mol. The van der Waals surface area contributed by atoms with E-state index < -0.39 is 11.4 Å². The molecule has 0 amide bonds. The van der Waals surface area contributed by atoms with Crippen LogP contribution in [0.5, 0.6) is 0 Å². The van der Waals surface area contributed by atoms with E-state index in [0.29, 0.717) is 11.8 Å². The van der Waals surface area contributed by atoms with Crippen molar-refractivity contribution in [2.75, 3.05) is 0 Å². The highest BCUT2D eigenvalue weighted by Gasteiger charge is 2.38. The van der Waals surface area contributed by atoms with Gasteiger partial charge in [-0.05, 0) is 31.1 Å². The average molecular weight is 228 g/mol. The molecule has 0 aromatic rings. The van der Waals surface area contributed by atoms with Crippen LogP contribution in [0.4, 0.5) is 0 Å². The highest BCUT2D eigenvalue weighted by molar-refractivity contribution is 5.74. The number of rotatable bonds is 8. The quantitative estimate of drug-likeness (QED) is 0.671. The molecule has 1 N–H and O–H groups in total. The van der Waals surface area contributed by atoms with Gasteiger partial charge in [0, 0.05) is 0 Å². The van der Waals surface area contributed by atoms with E-state index in [1.165, 1.54) is 0 Å². The molecule has 2 nitrogen and oxygen atoms in total. The first-order valence-electron chi connectivity index (χ1n) is 6.66. The maximum absolute atomic E-state index is 11.5. The first-order valence-corrected chi connectivity index (χ1v) is 6.66. The van der Waals surface area contributed by atoms with E-state index in [1.807, 2.05) is 6.92 Å². The van der Waals surface area contributed by atoms with Gasteiger partial charge < -0.3 is 5.11 Å². The summed E-state index contributed by atoms with van der Waals surface area (Å²) in [6.45, 7) is 10.6. The average Bonchev–Trinajstić information content (AvgIpc) is 2.23. The summed E-state index contributed by atoms with van der Waals surface area (Å²) in [5.41, 5.74) is -0.486. The van der Waals surface area contributed by atoms with Gasteiger partial charge >= 0.3 is 5.97 Å². The molecule has 2 atom stereocenters. The highest BCUT2D eigenvalue weighted by Crippen LogP contribution is 2.38. The van der Waals surface area contributed by atoms with E-state index in [1.54, 1.807) is 0 Å². The lowest BCUT2D eigenvalue weighted by Crippen LogP contribution is -2.33. The van der Waals surface area contributed by atoms with Crippen molar-refractivity contribution in [3.05, 3.63) is 0 Å². The molecule has 0 saturated carbocycles. The van der Waals surface area contributed by atoms with E-state index in [0.717, 1.165) is 32.1 Å². The summed E-state index contributed by atoms with van der Waals surface area (Å²) in [4.78, 5) is 11.5. The number of carboxylic acids is 1. The molecular formula is C14H28O2. The lowest BCUT2D eigenvalue weighted by Gasteiger charge is -2.33. The number of carboxylic acid groups (broad SMARTS) is 1. The van der Waals surface area contributed by atoms with Crippen molar-refractivity contribution in [2.24, 2.45) is 17.3 Å². The van der Waals surface area contributed by atoms with Gasteiger partial charge in [-0.15, -0.1) is 0 Å². The standard InChI is InChI=1S/C14H28O2/c1-6-9-14(8-3,13(15)16)10-12(7-2)11(4)5/h11-12H,6-10H2,1-5H3,(H,15,16). The predicted octanol–water partition coefficient (Wildman–Crippen LogP) is 4.34. The summed E-state index contributed by atoms with van der Waals surface area (Å²) in [6, 6.07) is 0. The zero-order valence-corrected chi connectivity index (χ0v) is 11.5. The Labute approximate surface area is 100 Å². The summed E-state index contributed by atoms with van der Waals surface area (Å²) < 4.78 is 0. The van der Waals surface area contributed by atoms with Gasteiger partial charge in [-0.2, -0.15) is 0 Å². The number of aliphatic carboxylic acids is 1. The molecule has 0 heterocycles.